The van der Waals surface area contributed by atoms with Gasteiger partial charge in [-0.1, -0.05) is 55.4 Å². The van der Waals surface area contributed by atoms with Crippen molar-refractivity contribution in [1.29, 1.82) is 0 Å². The predicted octanol–water partition coefficient (Wildman–Crippen LogP) is 4.00. The van der Waals surface area contributed by atoms with E-state index < -0.39 is 0 Å². The van der Waals surface area contributed by atoms with Gasteiger partial charge in [0.25, 0.3) is 0 Å². The maximum absolute atomic E-state index is 6.22. The number of guanidine groups is 1. The number of aryl methyl sites for hydroxylation is 1. The number of aromatic nitrogens is 3. The molecule has 0 atom stereocenters. The molecule has 2 aromatic rings. The van der Waals surface area contributed by atoms with Gasteiger partial charge in [0.1, 0.15) is 5.82 Å². The molecule has 0 radical (unpaired) electrons. The average molecular weight is 423 g/mol. The van der Waals surface area contributed by atoms with E-state index in [4.69, 9.17) is 11.6 Å². The van der Waals surface area contributed by atoms with E-state index in [0.29, 0.717) is 12.5 Å². The Bertz CT molecular complexity index is 759. The molecule has 2 N–H and O–H groups in total. The average Bonchev–Trinajstić information content (AvgIpc) is 3.05. The van der Waals surface area contributed by atoms with Crippen LogP contribution >= 0.6 is 23.4 Å². The predicted molar refractivity (Wildman–Crippen MR) is 119 cm³/mol. The smallest absolute Gasteiger partial charge is 0.191 e. The lowest BCUT2D eigenvalue weighted by atomic mass is 10.2. The molecule has 1 aromatic carbocycles. The van der Waals surface area contributed by atoms with Crippen LogP contribution in [-0.4, -0.2) is 40.1 Å². The molecule has 0 unspecified atom stereocenters. The van der Waals surface area contributed by atoms with Crippen LogP contribution < -0.4 is 10.6 Å². The summed E-state index contributed by atoms with van der Waals surface area (Å²) in [6, 6.07) is 7.80. The standard InChI is InChI=1S/C20H31ClN6S/c1-5-22-19(24-13-16-9-6-7-10-17(16)21)23-12-8-11-18-25-26-20(28-4)27(18)14-15(2)3/h6-7,9-10,15H,5,8,11-14H2,1-4H3,(H2,22,23,24). The minimum Gasteiger partial charge on any atom is -0.357 e. The third-order valence-electron chi connectivity index (χ3n) is 4.10. The Morgan fingerprint density at radius 2 is 2.04 bits per heavy atom. The van der Waals surface area contributed by atoms with Gasteiger partial charge in [-0.3, -0.25) is 0 Å². The number of benzene rings is 1. The minimum atomic E-state index is 0.550. The molecule has 0 bridgehead atoms. The van der Waals surface area contributed by atoms with E-state index in [-0.39, 0.29) is 0 Å². The summed E-state index contributed by atoms with van der Waals surface area (Å²) >= 11 is 7.87. The molecular formula is C20H31ClN6S. The Hall–Kier alpha value is -1.73. The number of thioether (sulfide) groups is 1. The third kappa shape index (κ3) is 7.02. The van der Waals surface area contributed by atoms with Gasteiger partial charge in [0.05, 0.1) is 6.54 Å². The maximum Gasteiger partial charge on any atom is 0.191 e. The fourth-order valence-electron chi connectivity index (χ4n) is 2.79. The molecule has 0 saturated carbocycles. The summed E-state index contributed by atoms with van der Waals surface area (Å²) in [5.74, 6) is 2.42. The zero-order chi connectivity index (χ0) is 20.4. The van der Waals surface area contributed by atoms with Crippen molar-refractivity contribution in [2.45, 2.75) is 51.9 Å². The number of aliphatic imine (C=N–C) groups is 1. The molecule has 0 aliphatic carbocycles. The third-order valence-corrected chi connectivity index (χ3v) is 5.14. The summed E-state index contributed by atoms with van der Waals surface area (Å²) in [5.41, 5.74) is 1.02. The van der Waals surface area contributed by atoms with E-state index in [1.807, 2.05) is 30.5 Å². The topological polar surface area (TPSA) is 67.1 Å². The van der Waals surface area contributed by atoms with Crippen LogP contribution in [0.4, 0.5) is 0 Å². The SMILES string of the molecule is CCNC(=NCc1ccccc1Cl)NCCCc1nnc(SC)n1CC(C)C. The summed E-state index contributed by atoms with van der Waals surface area (Å²) in [6.45, 7) is 9.63. The highest BCUT2D eigenvalue weighted by Crippen LogP contribution is 2.17. The molecule has 0 spiro atoms. The van der Waals surface area contributed by atoms with Crippen molar-refractivity contribution >= 4 is 29.3 Å². The van der Waals surface area contributed by atoms with Crippen molar-refractivity contribution in [3.05, 3.63) is 40.7 Å². The first kappa shape index (κ1) is 22.6. The quantitative estimate of drug-likeness (QED) is 0.262. The number of hydrogen-bond donors (Lipinski definition) is 2. The molecule has 6 nitrogen and oxygen atoms in total. The van der Waals surface area contributed by atoms with Crippen LogP contribution in [0.3, 0.4) is 0 Å². The molecule has 2 rings (SSSR count). The number of halogens is 1. The van der Waals surface area contributed by atoms with E-state index in [1.165, 1.54) is 0 Å². The first-order valence-corrected chi connectivity index (χ1v) is 11.4. The van der Waals surface area contributed by atoms with Gasteiger partial charge < -0.3 is 15.2 Å². The van der Waals surface area contributed by atoms with Crippen LogP contribution in [0.15, 0.2) is 34.4 Å². The van der Waals surface area contributed by atoms with Crippen LogP contribution in [0, 0.1) is 5.92 Å². The van der Waals surface area contributed by atoms with Gasteiger partial charge in [-0.05, 0) is 37.1 Å². The van der Waals surface area contributed by atoms with Crippen molar-refractivity contribution in [3.63, 3.8) is 0 Å². The lowest BCUT2D eigenvalue weighted by Crippen LogP contribution is -2.37. The monoisotopic (exact) mass is 422 g/mol. The van der Waals surface area contributed by atoms with E-state index in [9.17, 15) is 0 Å². The molecule has 1 aromatic heterocycles. The molecule has 0 amide bonds. The van der Waals surface area contributed by atoms with Gasteiger partial charge in [-0.2, -0.15) is 0 Å². The van der Waals surface area contributed by atoms with Crippen molar-refractivity contribution < 1.29 is 0 Å². The molecular weight excluding hydrogens is 392 g/mol. The Labute approximate surface area is 177 Å². The Morgan fingerprint density at radius 1 is 1.25 bits per heavy atom. The van der Waals surface area contributed by atoms with Crippen LogP contribution in [0.2, 0.25) is 5.02 Å². The zero-order valence-electron chi connectivity index (χ0n) is 17.2. The fourth-order valence-corrected chi connectivity index (χ4v) is 3.51. The number of hydrogen-bond acceptors (Lipinski definition) is 4. The second kappa shape index (κ2) is 12.0. The molecule has 1 heterocycles. The number of nitrogens with zero attached hydrogens (tertiary/aromatic N) is 4. The van der Waals surface area contributed by atoms with Crippen molar-refractivity contribution in [2.75, 3.05) is 19.3 Å². The molecule has 0 aliphatic heterocycles. The molecule has 0 fully saturated rings. The van der Waals surface area contributed by atoms with E-state index in [1.54, 1.807) is 11.8 Å². The molecule has 0 aliphatic rings. The Balaban J connectivity index is 1.89. The van der Waals surface area contributed by atoms with E-state index >= 15 is 0 Å². The van der Waals surface area contributed by atoms with Crippen LogP contribution in [0.25, 0.3) is 0 Å². The maximum atomic E-state index is 6.22. The van der Waals surface area contributed by atoms with E-state index in [2.05, 4.69) is 51.2 Å². The summed E-state index contributed by atoms with van der Waals surface area (Å²) in [6.07, 6.45) is 3.89. The lowest BCUT2D eigenvalue weighted by molar-refractivity contribution is 0.477. The Kier molecular flexibility index (Phi) is 9.64. The Morgan fingerprint density at radius 3 is 2.71 bits per heavy atom. The first-order chi connectivity index (χ1) is 13.5. The summed E-state index contributed by atoms with van der Waals surface area (Å²) < 4.78 is 2.24. The van der Waals surface area contributed by atoms with Crippen LogP contribution in [-0.2, 0) is 19.5 Å². The zero-order valence-corrected chi connectivity index (χ0v) is 18.8. The van der Waals surface area contributed by atoms with E-state index in [0.717, 1.165) is 60.0 Å². The van der Waals surface area contributed by atoms with Gasteiger partial charge in [0.2, 0.25) is 0 Å². The van der Waals surface area contributed by atoms with Crippen molar-refractivity contribution in [2.24, 2.45) is 10.9 Å². The van der Waals surface area contributed by atoms with Crippen molar-refractivity contribution in [3.8, 4) is 0 Å². The van der Waals surface area contributed by atoms with Gasteiger partial charge >= 0.3 is 0 Å². The van der Waals surface area contributed by atoms with Crippen molar-refractivity contribution in [1.82, 2.24) is 25.4 Å². The fraction of sp³-hybridized carbons (Fsp3) is 0.550. The normalized spacial score (nSPS) is 11.9. The number of rotatable bonds is 10. The van der Waals surface area contributed by atoms with Crippen LogP contribution in [0.5, 0.6) is 0 Å². The van der Waals surface area contributed by atoms with Gasteiger partial charge in [0, 0.05) is 31.1 Å². The summed E-state index contributed by atoms with van der Waals surface area (Å²) in [4.78, 5) is 4.64. The molecule has 0 saturated heterocycles. The van der Waals surface area contributed by atoms with Gasteiger partial charge in [0.15, 0.2) is 11.1 Å². The molecule has 154 valence electrons. The second-order valence-electron chi connectivity index (χ2n) is 6.92. The minimum absolute atomic E-state index is 0.550. The largest absolute Gasteiger partial charge is 0.357 e. The summed E-state index contributed by atoms with van der Waals surface area (Å²) in [7, 11) is 0. The van der Waals surface area contributed by atoms with Crippen LogP contribution in [0.1, 0.15) is 38.6 Å². The van der Waals surface area contributed by atoms with Gasteiger partial charge in [-0.25, -0.2) is 4.99 Å². The first-order valence-electron chi connectivity index (χ1n) is 9.76. The highest BCUT2D eigenvalue weighted by Gasteiger charge is 2.12. The number of nitrogens with one attached hydrogen (secondary N) is 2. The molecule has 8 heteroatoms. The molecule has 28 heavy (non-hydrogen) atoms. The second-order valence-corrected chi connectivity index (χ2v) is 8.10. The van der Waals surface area contributed by atoms with Gasteiger partial charge in [-0.15, -0.1) is 10.2 Å². The summed E-state index contributed by atoms with van der Waals surface area (Å²) in [5, 5.41) is 17.1. The lowest BCUT2D eigenvalue weighted by Gasteiger charge is -2.13. The highest BCUT2D eigenvalue weighted by molar-refractivity contribution is 7.98. The highest BCUT2D eigenvalue weighted by atomic mass is 35.5.